The van der Waals surface area contributed by atoms with Gasteiger partial charge >= 0.3 is 0 Å². The topological polar surface area (TPSA) is 32.8 Å². The van der Waals surface area contributed by atoms with Gasteiger partial charge in [-0.3, -0.25) is 9.69 Å². The van der Waals surface area contributed by atoms with E-state index in [9.17, 15) is 4.79 Å². The molecule has 1 amide bonds. The van der Waals surface area contributed by atoms with E-state index in [0.717, 1.165) is 17.3 Å². The fraction of sp³-hybridized carbons (Fsp3) is 0.400. The van der Waals surface area contributed by atoms with Gasteiger partial charge in [-0.25, -0.2) is 0 Å². The van der Waals surface area contributed by atoms with E-state index in [-0.39, 0.29) is 11.1 Å². The van der Waals surface area contributed by atoms with Gasteiger partial charge in [0.15, 0.2) is 5.76 Å². The number of carbonyl (C=O) groups excluding carboxylic acids is 1. The molecule has 0 spiro atoms. The molecule has 0 atom stereocenters. The number of thiocarbonyl (C=S) groups is 1. The van der Waals surface area contributed by atoms with E-state index in [1.54, 1.807) is 24.9 Å². The maximum atomic E-state index is 11.6. The van der Waals surface area contributed by atoms with Gasteiger partial charge in [0, 0.05) is 26.4 Å². The molecule has 2 aliphatic heterocycles. The second-order valence-electron chi connectivity index (χ2n) is 3.54. The van der Waals surface area contributed by atoms with Crippen LogP contribution < -0.4 is 0 Å². The van der Waals surface area contributed by atoms with Gasteiger partial charge < -0.3 is 9.64 Å². The maximum Gasteiger partial charge on any atom is 0.296 e. The zero-order valence-electron chi connectivity index (χ0n) is 9.10. The molecule has 0 bridgehead atoms. The Balaban J connectivity index is 2.14. The van der Waals surface area contributed by atoms with Gasteiger partial charge in [0.2, 0.25) is 0 Å². The molecule has 0 unspecified atom stereocenters. The summed E-state index contributed by atoms with van der Waals surface area (Å²) in [7, 11) is 3.63. The van der Waals surface area contributed by atoms with E-state index in [1.807, 2.05) is 13.1 Å². The molecule has 0 aromatic rings. The minimum atomic E-state index is -0.188. The van der Waals surface area contributed by atoms with E-state index in [0.29, 0.717) is 5.76 Å². The first-order chi connectivity index (χ1) is 7.59. The SMILES string of the molecule is CN1C(=O)/C(=C\C=C2/SCCN2C)OC1=S. The number of thioether (sulfide) groups is 1. The summed E-state index contributed by atoms with van der Waals surface area (Å²) >= 11 is 6.64. The van der Waals surface area contributed by atoms with Crippen LogP contribution in [0.1, 0.15) is 0 Å². The van der Waals surface area contributed by atoms with Crippen molar-refractivity contribution in [1.29, 1.82) is 0 Å². The first-order valence-corrected chi connectivity index (χ1v) is 6.25. The van der Waals surface area contributed by atoms with Crippen LogP contribution >= 0.6 is 24.0 Å². The third kappa shape index (κ3) is 2.08. The summed E-state index contributed by atoms with van der Waals surface area (Å²) in [5, 5.41) is 1.35. The maximum absolute atomic E-state index is 11.6. The monoisotopic (exact) mass is 256 g/mol. The van der Waals surface area contributed by atoms with Crippen molar-refractivity contribution in [3.05, 3.63) is 22.9 Å². The van der Waals surface area contributed by atoms with Crippen LogP contribution in [0.5, 0.6) is 0 Å². The van der Waals surface area contributed by atoms with Crippen molar-refractivity contribution < 1.29 is 9.53 Å². The number of rotatable bonds is 1. The van der Waals surface area contributed by atoms with Gasteiger partial charge in [0.1, 0.15) is 0 Å². The number of hydrogen-bond donors (Lipinski definition) is 0. The highest BCUT2D eigenvalue weighted by molar-refractivity contribution is 8.03. The number of ether oxygens (including phenoxy) is 1. The van der Waals surface area contributed by atoms with Crippen LogP contribution in [0.3, 0.4) is 0 Å². The zero-order valence-corrected chi connectivity index (χ0v) is 10.7. The molecule has 0 saturated carbocycles. The van der Waals surface area contributed by atoms with Gasteiger partial charge in [-0.1, -0.05) is 0 Å². The minimum absolute atomic E-state index is 0.188. The Morgan fingerprint density at radius 3 is 2.69 bits per heavy atom. The third-order valence-corrected chi connectivity index (χ3v) is 3.90. The van der Waals surface area contributed by atoms with Crippen LogP contribution in [0.4, 0.5) is 0 Å². The fourth-order valence-corrected chi connectivity index (χ4v) is 2.61. The molecule has 2 heterocycles. The summed E-state index contributed by atoms with van der Waals surface area (Å²) < 4.78 is 5.18. The Morgan fingerprint density at radius 1 is 1.44 bits per heavy atom. The van der Waals surface area contributed by atoms with Crippen LogP contribution in [0.25, 0.3) is 0 Å². The lowest BCUT2D eigenvalue weighted by molar-refractivity contribution is -0.122. The Bertz CT molecular complexity index is 404. The molecule has 2 aliphatic rings. The molecule has 2 saturated heterocycles. The summed E-state index contributed by atoms with van der Waals surface area (Å²) in [4.78, 5) is 15.1. The molecular formula is C10H12N2O2S2. The fourth-order valence-electron chi connectivity index (χ4n) is 1.39. The van der Waals surface area contributed by atoms with Crippen molar-refractivity contribution in [3.8, 4) is 0 Å². The number of likely N-dealkylation sites (N-methyl/N-ethyl adjacent to an activating group) is 1. The molecule has 0 aliphatic carbocycles. The van der Waals surface area contributed by atoms with Gasteiger partial charge in [-0.15, -0.1) is 11.8 Å². The van der Waals surface area contributed by atoms with Crippen LogP contribution in [0.2, 0.25) is 0 Å². The van der Waals surface area contributed by atoms with Crippen molar-refractivity contribution in [3.63, 3.8) is 0 Å². The minimum Gasteiger partial charge on any atom is -0.426 e. The molecule has 4 nitrogen and oxygen atoms in total. The normalized spacial score (nSPS) is 26.1. The molecule has 2 fully saturated rings. The van der Waals surface area contributed by atoms with Crippen molar-refractivity contribution >= 4 is 35.1 Å². The van der Waals surface area contributed by atoms with Crippen molar-refractivity contribution in [1.82, 2.24) is 9.80 Å². The van der Waals surface area contributed by atoms with Gasteiger partial charge in [-0.2, -0.15) is 0 Å². The lowest BCUT2D eigenvalue weighted by Gasteiger charge is -2.09. The molecule has 0 radical (unpaired) electrons. The number of carbonyl (C=O) groups is 1. The van der Waals surface area contributed by atoms with Crippen molar-refractivity contribution in [2.75, 3.05) is 26.4 Å². The quantitative estimate of drug-likeness (QED) is 0.519. The lowest BCUT2D eigenvalue weighted by Crippen LogP contribution is -2.22. The standard InChI is InChI=1S/C10H12N2O2S2/c1-11-5-6-16-8(11)4-3-7-9(13)12(2)10(15)14-7/h3-4H,5-6H2,1-2H3/b7-3+,8-4-. The van der Waals surface area contributed by atoms with Crippen LogP contribution in [-0.2, 0) is 9.53 Å². The van der Waals surface area contributed by atoms with Crippen molar-refractivity contribution in [2.24, 2.45) is 0 Å². The molecule has 0 aromatic carbocycles. The highest BCUT2D eigenvalue weighted by Gasteiger charge is 2.29. The molecule has 0 N–H and O–H groups in total. The van der Waals surface area contributed by atoms with Crippen LogP contribution in [0, 0.1) is 0 Å². The van der Waals surface area contributed by atoms with Gasteiger partial charge in [0.05, 0.1) is 5.03 Å². The summed E-state index contributed by atoms with van der Waals surface area (Å²) in [6.45, 7) is 1.03. The molecular weight excluding hydrogens is 244 g/mol. The first-order valence-electron chi connectivity index (χ1n) is 4.85. The van der Waals surface area contributed by atoms with E-state index < -0.39 is 0 Å². The van der Waals surface area contributed by atoms with Crippen LogP contribution in [0.15, 0.2) is 22.9 Å². The van der Waals surface area contributed by atoms with E-state index in [1.165, 1.54) is 4.90 Å². The number of amides is 1. The molecule has 86 valence electrons. The summed E-state index contributed by atoms with van der Waals surface area (Å²) in [6, 6.07) is 0. The van der Waals surface area contributed by atoms with E-state index in [4.69, 9.17) is 17.0 Å². The zero-order chi connectivity index (χ0) is 11.7. The Morgan fingerprint density at radius 2 is 2.19 bits per heavy atom. The first kappa shape index (κ1) is 11.5. The average Bonchev–Trinajstić information content (AvgIpc) is 2.76. The Labute approximate surface area is 104 Å². The second-order valence-corrected chi connectivity index (χ2v) is 5.00. The molecule has 2 rings (SSSR count). The predicted molar refractivity (Wildman–Crippen MR) is 67.7 cm³/mol. The molecule has 16 heavy (non-hydrogen) atoms. The Hall–Kier alpha value is -1.01. The molecule has 6 heteroatoms. The number of nitrogens with zero attached hydrogens (tertiary/aromatic N) is 2. The average molecular weight is 256 g/mol. The van der Waals surface area contributed by atoms with Crippen molar-refractivity contribution in [2.45, 2.75) is 0 Å². The van der Waals surface area contributed by atoms with Gasteiger partial charge in [0.25, 0.3) is 11.1 Å². The third-order valence-electron chi connectivity index (χ3n) is 2.42. The smallest absolute Gasteiger partial charge is 0.296 e. The number of allylic oxidation sites excluding steroid dienone is 2. The highest BCUT2D eigenvalue weighted by atomic mass is 32.2. The number of hydrogen-bond acceptors (Lipinski definition) is 5. The van der Waals surface area contributed by atoms with E-state index in [2.05, 4.69) is 4.90 Å². The predicted octanol–water partition coefficient (Wildman–Crippen LogP) is 1.16. The highest BCUT2D eigenvalue weighted by Crippen LogP contribution is 2.26. The van der Waals surface area contributed by atoms with Crippen LogP contribution in [-0.4, -0.2) is 47.3 Å². The summed E-state index contributed by atoms with van der Waals surface area (Å²) in [5.41, 5.74) is 0. The second kappa shape index (κ2) is 4.47. The van der Waals surface area contributed by atoms with E-state index >= 15 is 0 Å². The Kier molecular flexibility index (Phi) is 3.20. The largest absolute Gasteiger partial charge is 0.426 e. The summed E-state index contributed by atoms with van der Waals surface area (Å²) in [5.74, 6) is 1.19. The molecule has 0 aromatic heterocycles. The lowest BCUT2D eigenvalue weighted by atomic mass is 10.4. The van der Waals surface area contributed by atoms with Gasteiger partial charge in [-0.05, 0) is 24.4 Å². The summed E-state index contributed by atoms with van der Waals surface area (Å²) in [6.07, 6.45) is 3.58.